The summed E-state index contributed by atoms with van der Waals surface area (Å²) in [6, 6.07) is 2.05. The van der Waals surface area contributed by atoms with Gasteiger partial charge < -0.3 is 10.3 Å². The molecule has 0 aliphatic carbocycles. The normalized spacial score (nSPS) is 10.8. The van der Waals surface area contributed by atoms with Gasteiger partial charge in [0.1, 0.15) is 10.1 Å². The third-order valence-electron chi connectivity index (χ3n) is 1.32. The van der Waals surface area contributed by atoms with Crippen molar-refractivity contribution in [1.29, 1.82) is 0 Å². The molecule has 4 nitrogen and oxygen atoms in total. The Labute approximate surface area is 103 Å². The van der Waals surface area contributed by atoms with Crippen molar-refractivity contribution in [3.05, 3.63) is 22.2 Å². The molecule has 0 radical (unpaired) electrons. The predicted octanol–water partition coefficient (Wildman–Crippen LogP) is -1.52. The van der Waals surface area contributed by atoms with Crippen LogP contribution in [0.3, 0.4) is 0 Å². The van der Waals surface area contributed by atoms with Gasteiger partial charge in [-0.1, -0.05) is 23.2 Å². The SMILES string of the molecule is Nc1cc(Cl)c(S(=O)(=O)[O-])cc1Cl.[Li+]. The smallest absolute Gasteiger partial charge is 0.744 e. The summed E-state index contributed by atoms with van der Waals surface area (Å²) < 4.78 is 31.7. The van der Waals surface area contributed by atoms with Crippen LogP contribution in [-0.4, -0.2) is 13.0 Å². The van der Waals surface area contributed by atoms with Crippen molar-refractivity contribution >= 4 is 39.0 Å². The molecule has 0 saturated heterocycles. The maximum Gasteiger partial charge on any atom is 1.00 e. The largest absolute Gasteiger partial charge is 1.00 e. The van der Waals surface area contributed by atoms with E-state index in [-0.39, 0.29) is 34.6 Å². The summed E-state index contributed by atoms with van der Waals surface area (Å²) in [5, 5.41) is -0.240. The standard InChI is InChI=1S/C6H5Cl2NO3S.Li/c7-3-2-6(13(10,11)12)4(8)1-5(3)9;/h1-2H,9H2,(H,10,11,12);/q;+1/p-1. The average molecular weight is 248 g/mol. The minimum Gasteiger partial charge on any atom is -0.744 e. The molecule has 0 bridgehead atoms. The summed E-state index contributed by atoms with van der Waals surface area (Å²) in [6.07, 6.45) is 0. The van der Waals surface area contributed by atoms with Crippen LogP contribution in [0.1, 0.15) is 0 Å². The molecule has 1 aromatic carbocycles. The van der Waals surface area contributed by atoms with Gasteiger partial charge >= 0.3 is 18.9 Å². The van der Waals surface area contributed by atoms with Crippen molar-refractivity contribution in [3.8, 4) is 0 Å². The quantitative estimate of drug-likeness (QED) is 0.372. The summed E-state index contributed by atoms with van der Waals surface area (Å²) in [7, 11) is -4.59. The minimum atomic E-state index is -4.59. The number of rotatable bonds is 1. The molecular weight excluding hydrogens is 244 g/mol. The second-order valence-corrected chi connectivity index (χ2v) is 4.42. The zero-order valence-electron chi connectivity index (χ0n) is 7.12. The van der Waals surface area contributed by atoms with Gasteiger partial charge in [0.25, 0.3) is 0 Å². The Morgan fingerprint density at radius 2 is 1.71 bits per heavy atom. The molecule has 0 aromatic heterocycles. The zero-order chi connectivity index (χ0) is 10.2. The van der Waals surface area contributed by atoms with E-state index in [4.69, 9.17) is 28.9 Å². The van der Waals surface area contributed by atoms with Crippen molar-refractivity contribution in [2.24, 2.45) is 0 Å². The molecule has 72 valence electrons. The summed E-state index contributed by atoms with van der Waals surface area (Å²) in [5.41, 5.74) is 5.44. The van der Waals surface area contributed by atoms with Crippen molar-refractivity contribution in [2.75, 3.05) is 5.73 Å². The fourth-order valence-corrected chi connectivity index (χ4v) is 1.98. The molecule has 0 amide bonds. The second kappa shape index (κ2) is 4.75. The first-order valence-corrected chi connectivity index (χ1v) is 5.19. The van der Waals surface area contributed by atoms with Crippen molar-refractivity contribution in [1.82, 2.24) is 0 Å². The van der Waals surface area contributed by atoms with Crippen LogP contribution in [0.2, 0.25) is 10.0 Å². The van der Waals surface area contributed by atoms with Gasteiger partial charge in [0.2, 0.25) is 0 Å². The number of nitrogen functional groups attached to an aromatic ring is 1. The van der Waals surface area contributed by atoms with Gasteiger partial charge in [-0.25, -0.2) is 8.42 Å². The van der Waals surface area contributed by atoms with Crippen LogP contribution in [0.4, 0.5) is 5.69 Å². The van der Waals surface area contributed by atoms with Crippen LogP contribution < -0.4 is 24.6 Å². The molecular formula is C6H4Cl2LiNO3S. The van der Waals surface area contributed by atoms with E-state index in [0.29, 0.717) is 0 Å². The molecule has 1 aromatic rings. The van der Waals surface area contributed by atoms with Crippen LogP contribution in [-0.2, 0) is 10.1 Å². The number of benzene rings is 1. The Bertz CT molecular complexity index is 449. The average Bonchev–Trinajstić information content (AvgIpc) is 1.94. The predicted molar refractivity (Wildman–Crippen MR) is 48.8 cm³/mol. The van der Waals surface area contributed by atoms with Gasteiger partial charge in [-0.05, 0) is 12.1 Å². The van der Waals surface area contributed by atoms with Crippen LogP contribution in [0.15, 0.2) is 17.0 Å². The van der Waals surface area contributed by atoms with Gasteiger partial charge in [0.05, 0.1) is 20.6 Å². The number of hydrogen-bond donors (Lipinski definition) is 1. The van der Waals surface area contributed by atoms with E-state index in [1.165, 1.54) is 0 Å². The number of anilines is 1. The monoisotopic (exact) mass is 247 g/mol. The van der Waals surface area contributed by atoms with Gasteiger partial charge in [0, 0.05) is 0 Å². The van der Waals surface area contributed by atoms with E-state index >= 15 is 0 Å². The third kappa shape index (κ3) is 3.06. The molecule has 0 fully saturated rings. The number of halogens is 2. The van der Waals surface area contributed by atoms with Crippen LogP contribution >= 0.6 is 23.2 Å². The first kappa shape index (κ1) is 14.1. The Kier molecular flexibility index (Phi) is 4.79. The van der Waals surface area contributed by atoms with E-state index in [1.54, 1.807) is 0 Å². The summed E-state index contributed by atoms with van der Waals surface area (Å²) in [5.74, 6) is 0. The first-order valence-electron chi connectivity index (χ1n) is 3.03. The molecule has 0 atom stereocenters. The third-order valence-corrected chi connectivity index (χ3v) is 2.95. The molecule has 0 unspecified atom stereocenters. The molecule has 0 aliphatic heterocycles. The number of hydrogen-bond acceptors (Lipinski definition) is 4. The van der Waals surface area contributed by atoms with Gasteiger partial charge in [-0.15, -0.1) is 0 Å². The molecule has 0 spiro atoms. The van der Waals surface area contributed by atoms with Crippen molar-refractivity contribution in [2.45, 2.75) is 4.90 Å². The zero-order valence-corrected chi connectivity index (χ0v) is 9.45. The van der Waals surface area contributed by atoms with E-state index in [9.17, 15) is 13.0 Å². The van der Waals surface area contributed by atoms with Gasteiger partial charge in [0.15, 0.2) is 0 Å². The van der Waals surface area contributed by atoms with E-state index in [1.807, 2.05) is 0 Å². The van der Waals surface area contributed by atoms with Crippen LogP contribution in [0.5, 0.6) is 0 Å². The molecule has 8 heteroatoms. The van der Waals surface area contributed by atoms with E-state index in [2.05, 4.69) is 0 Å². The second-order valence-electron chi connectivity index (χ2n) is 2.26. The Balaban J connectivity index is 0.00000169. The Morgan fingerprint density at radius 3 is 2.14 bits per heavy atom. The van der Waals surface area contributed by atoms with Gasteiger partial charge in [-0.3, -0.25) is 0 Å². The van der Waals surface area contributed by atoms with Gasteiger partial charge in [-0.2, -0.15) is 0 Å². The fourth-order valence-electron chi connectivity index (χ4n) is 0.736. The van der Waals surface area contributed by atoms with Crippen molar-refractivity contribution < 1.29 is 31.8 Å². The first-order chi connectivity index (χ1) is 5.82. The molecule has 0 heterocycles. The topological polar surface area (TPSA) is 83.2 Å². The van der Waals surface area contributed by atoms with Crippen molar-refractivity contribution in [3.63, 3.8) is 0 Å². The molecule has 0 aliphatic rings. The van der Waals surface area contributed by atoms with E-state index < -0.39 is 15.0 Å². The molecule has 2 N–H and O–H groups in total. The van der Waals surface area contributed by atoms with E-state index in [0.717, 1.165) is 12.1 Å². The molecule has 0 saturated carbocycles. The number of nitrogens with two attached hydrogens (primary N) is 1. The minimum absolute atomic E-state index is 0. The Morgan fingerprint density at radius 1 is 1.21 bits per heavy atom. The summed E-state index contributed by atoms with van der Waals surface area (Å²) in [6.45, 7) is 0. The molecule has 1 rings (SSSR count). The van der Waals surface area contributed by atoms with Crippen LogP contribution in [0, 0.1) is 0 Å². The Hall–Kier alpha value is 0.107. The summed E-state index contributed by atoms with van der Waals surface area (Å²) in [4.78, 5) is -0.562. The van der Waals surface area contributed by atoms with Crippen LogP contribution in [0.25, 0.3) is 0 Å². The fraction of sp³-hybridized carbons (Fsp3) is 0. The summed E-state index contributed by atoms with van der Waals surface area (Å²) >= 11 is 11.0. The maximum absolute atomic E-state index is 10.6. The maximum atomic E-state index is 10.6. The molecule has 14 heavy (non-hydrogen) atoms.